The van der Waals surface area contributed by atoms with Gasteiger partial charge < -0.3 is 14.5 Å². The highest BCUT2D eigenvalue weighted by Gasteiger charge is 2.25. The van der Waals surface area contributed by atoms with Crippen LogP contribution in [-0.4, -0.2) is 44.7 Å². The normalized spacial score (nSPS) is 15.8. The predicted molar refractivity (Wildman–Crippen MR) is 85.4 cm³/mol. The number of amides is 1. The lowest BCUT2D eigenvalue weighted by molar-refractivity contribution is -0.138. The molecule has 0 bridgehead atoms. The van der Waals surface area contributed by atoms with Crippen molar-refractivity contribution in [3.05, 3.63) is 29.8 Å². The maximum absolute atomic E-state index is 12.6. The minimum absolute atomic E-state index is 0.139. The maximum atomic E-state index is 12.6. The van der Waals surface area contributed by atoms with Crippen LogP contribution in [0.5, 0.6) is 0 Å². The summed E-state index contributed by atoms with van der Waals surface area (Å²) in [6.07, 6.45) is 1.71. The molecule has 0 unspecified atom stereocenters. The Hall–Kier alpha value is -1.55. The third-order valence-electron chi connectivity index (χ3n) is 4.09. The van der Waals surface area contributed by atoms with Crippen LogP contribution in [0.25, 0.3) is 0 Å². The molecule has 1 amide bonds. The Bertz CT molecular complexity index is 450. The number of ether oxygens (including phenoxy) is 1. The van der Waals surface area contributed by atoms with Crippen molar-refractivity contribution in [1.29, 1.82) is 0 Å². The van der Waals surface area contributed by atoms with Crippen LogP contribution in [0.3, 0.4) is 0 Å². The van der Waals surface area contributed by atoms with Crippen LogP contribution in [0.4, 0.5) is 5.69 Å². The van der Waals surface area contributed by atoms with E-state index in [1.54, 1.807) is 0 Å². The quantitative estimate of drug-likeness (QED) is 0.835. The second-order valence-electron chi connectivity index (χ2n) is 5.80. The summed E-state index contributed by atoms with van der Waals surface area (Å²) in [5.41, 5.74) is 2.36. The SMILES string of the molecule is CCN(Cc1ccc(N(C)C)cc1)C(=O)C1CCOCC1. The van der Waals surface area contributed by atoms with Gasteiger partial charge in [0.1, 0.15) is 0 Å². The minimum Gasteiger partial charge on any atom is -0.381 e. The van der Waals surface area contributed by atoms with Gasteiger partial charge in [-0.1, -0.05) is 12.1 Å². The summed E-state index contributed by atoms with van der Waals surface area (Å²) in [5, 5.41) is 0. The first-order valence-electron chi connectivity index (χ1n) is 7.74. The number of benzene rings is 1. The molecule has 1 aromatic rings. The first-order valence-corrected chi connectivity index (χ1v) is 7.74. The Labute approximate surface area is 127 Å². The topological polar surface area (TPSA) is 32.8 Å². The average molecular weight is 290 g/mol. The summed E-state index contributed by atoms with van der Waals surface area (Å²) in [7, 11) is 4.06. The van der Waals surface area contributed by atoms with Crippen molar-refractivity contribution in [2.24, 2.45) is 5.92 Å². The van der Waals surface area contributed by atoms with E-state index in [2.05, 4.69) is 29.2 Å². The Kier molecular flexibility index (Phi) is 5.62. The molecule has 0 aromatic heterocycles. The third-order valence-corrected chi connectivity index (χ3v) is 4.09. The molecule has 1 heterocycles. The van der Waals surface area contributed by atoms with Crippen molar-refractivity contribution < 1.29 is 9.53 Å². The third kappa shape index (κ3) is 4.21. The van der Waals surface area contributed by atoms with Gasteiger partial charge in [-0.3, -0.25) is 4.79 Å². The van der Waals surface area contributed by atoms with Gasteiger partial charge in [0.2, 0.25) is 5.91 Å². The van der Waals surface area contributed by atoms with Crippen LogP contribution in [0, 0.1) is 5.92 Å². The predicted octanol–water partition coefficient (Wildman–Crippen LogP) is 2.53. The summed E-state index contributed by atoms with van der Waals surface area (Å²) in [6, 6.07) is 8.41. The monoisotopic (exact) mass is 290 g/mol. The lowest BCUT2D eigenvalue weighted by Gasteiger charge is -2.28. The minimum atomic E-state index is 0.139. The molecule has 0 atom stereocenters. The lowest BCUT2D eigenvalue weighted by Crippen LogP contribution is -2.38. The second kappa shape index (κ2) is 7.46. The molecule has 1 aliphatic heterocycles. The Morgan fingerprint density at radius 3 is 2.33 bits per heavy atom. The van der Waals surface area contributed by atoms with Gasteiger partial charge in [-0.2, -0.15) is 0 Å². The van der Waals surface area contributed by atoms with Crippen LogP contribution in [0.2, 0.25) is 0 Å². The van der Waals surface area contributed by atoms with E-state index >= 15 is 0 Å². The average Bonchev–Trinajstić information content (AvgIpc) is 2.53. The summed E-state index contributed by atoms with van der Waals surface area (Å²) in [4.78, 5) is 16.6. The van der Waals surface area contributed by atoms with E-state index in [1.807, 2.05) is 25.9 Å². The van der Waals surface area contributed by atoms with Crippen molar-refractivity contribution in [3.63, 3.8) is 0 Å². The molecule has 1 aliphatic rings. The highest BCUT2D eigenvalue weighted by molar-refractivity contribution is 5.79. The van der Waals surface area contributed by atoms with Gasteiger partial charge >= 0.3 is 0 Å². The fourth-order valence-corrected chi connectivity index (χ4v) is 2.67. The van der Waals surface area contributed by atoms with Gasteiger partial charge in [0.25, 0.3) is 0 Å². The molecule has 0 spiro atoms. The number of hydrogen-bond acceptors (Lipinski definition) is 3. The van der Waals surface area contributed by atoms with E-state index in [9.17, 15) is 4.79 Å². The molecular formula is C17H26N2O2. The summed E-state index contributed by atoms with van der Waals surface area (Å²) in [5.74, 6) is 0.414. The molecule has 4 nitrogen and oxygen atoms in total. The van der Waals surface area contributed by atoms with Crippen molar-refractivity contribution in [2.45, 2.75) is 26.3 Å². The summed E-state index contributed by atoms with van der Waals surface area (Å²) < 4.78 is 5.34. The molecule has 116 valence electrons. The van der Waals surface area contributed by atoms with Gasteiger partial charge in [-0.15, -0.1) is 0 Å². The van der Waals surface area contributed by atoms with Crippen molar-refractivity contribution in [2.75, 3.05) is 38.8 Å². The zero-order valence-corrected chi connectivity index (χ0v) is 13.3. The number of carbonyl (C=O) groups is 1. The van der Waals surface area contributed by atoms with Crippen molar-refractivity contribution in [3.8, 4) is 0 Å². The number of nitrogens with zero attached hydrogens (tertiary/aromatic N) is 2. The molecule has 4 heteroatoms. The van der Waals surface area contributed by atoms with Gasteiger partial charge in [0.15, 0.2) is 0 Å². The Morgan fingerprint density at radius 2 is 1.81 bits per heavy atom. The summed E-state index contributed by atoms with van der Waals surface area (Å²) >= 11 is 0. The highest BCUT2D eigenvalue weighted by Crippen LogP contribution is 2.20. The van der Waals surface area contributed by atoms with Gasteiger partial charge in [0, 0.05) is 52.0 Å². The first-order chi connectivity index (χ1) is 10.1. The number of hydrogen-bond donors (Lipinski definition) is 0. The van der Waals surface area contributed by atoms with E-state index in [4.69, 9.17) is 4.74 Å². The number of carbonyl (C=O) groups excluding carboxylic acids is 1. The largest absolute Gasteiger partial charge is 0.381 e. The molecule has 1 aromatic carbocycles. The fraction of sp³-hybridized carbons (Fsp3) is 0.588. The van der Waals surface area contributed by atoms with E-state index in [0.717, 1.165) is 19.4 Å². The summed E-state index contributed by atoms with van der Waals surface area (Å²) in [6.45, 7) is 4.93. The molecule has 0 saturated carbocycles. The number of rotatable bonds is 5. The zero-order chi connectivity index (χ0) is 15.2. The maximum Gasteiger partial charge on any atom is 0.226 e. The van der Waals surface area contributed by atoms with Crippen LogP contribution in [0.1, 0.15) is 25.3 Å². The molecule has 21 heavy (non-hydrogen) atoms. The Morgan fingerprint density at radius 1 is 1.19 bits per heavy atom. The van der Waals surface area contributed by atoms with Gasteiger partial charge in [0.05, 0.1) is 0 Å². The molecule has 1 fully saturated rings. The van der Waals surface area contributed by atoms with Crippen LogP contribution in [-0.2, 0) is 16.1 Å². The number of anilines is 1. The second-order valence-corrected chi connectivity index (χ2v) is 5.80. The molecule has 0 aliphatic carbocycles. The molecule has 2 rings (SSSR count). The lowest BCUT2D eigenvalue weighted by atomic mass is 9.98. The Balaban J connectivity index is 1.99. The van der Waals surface area contributed by atoms with Crippen LogP contribution < -0.4 is 4.90 Å². The fourth-order valence-electron chi connectivity index (χ4n) is 2.67. The molecule has 1 saturated heterocycles. The van der Waals surface area contributed by atoms with Crippen molar-refractivity contribution >= 4 is 11.6 Å². The first kappa shape index (κ1) is 15.8. The molecular weight excluding hydrogens is 264 g/mol. The molecule has 0 N–H and O–H groups in total. The van der Waals surface area contributed by atoms with Gasteiger partial charge in [-0.05, 0) is 37.5 Å². The van der Waals surface area contributed by atoms with Crippen molar-refractivity contribution in [1.82, 2.24) is 4.90 Å². The zero-order valence-electron chi connectivity index (χ0n) is 13.3. The van der Waals surface area contributed by atoms with E-state index in [0.29, 0.717) is 19.8 Å². The van der Waals surface area contributed by atoms with Gasteiger partial charge in [-0.25, -0.2) is 0 Å². The van der Waals surface area contributed by atoms with E-state index in [-0.39, 0.29) is 11.8 Å². The van der Waals surface area contributed by atoms with Crippen LogP contribution in [0.15, 0.2) is 24.3 Å². The molecule has 0 radical (unpaired) electrons. The van der Waals surface area contributed by atoms with Crippen LogP contribution >= 0.6 is 0 Å². The van der Waals surface area contributed by atoms with E-state index < -0.39 is 0 Å². The smallest absolute Gasteiger partial charge is 0.226 e. The highest BCUT2D eigenvalue weighted by atomic mass is 16.5. The van der Waals surface area contributed by atoms with E-state index in [1.165, 1.54) is 11.3 Å². The standard InChI is InChI=1S/C17H26N2O2/c1-4-19(17(20)15-9-11-21-12-10-15)13-14-5-7-16(8-6-14)18(2)3/h5-8,15H,4,9-13H2,1-3H3.